The monoisotopic (exact) mass is 1060 g/mol. The van der Waals surface area contributed by atoms with Gasteiger partial charge in [0, 0.05) is 47.7 Å². The molecule has 7 heteroatoms. The molecule has 0 aliphatic rings. The number of aromatic nitrogens is 4. The second-order valence-corrected chi connectivity index (χ2v) is 29.7. The zero-order chi connectivity index (χ0) is 43.4. The topological polar surface area (TPSA) is 56.7 Å². The van der Waals surface area contributed by atoms with Gasteiger partial charge in [0.2, 0.25) is 5.71 Å². The van der Waals surface area contributed by atoms with Crippen LogP contribution in [0.15, 0.2) is 108 Å². The van der Waals surface area contributed by atoms with E-state index < -0.39 is 13.3 Å². The van der Waals surface area contributed by atoms with E-state index in [-0.39, 0.29) is 25.5 Å². The number of fused-ring (bicyclic) bond motifs is 6. The first kappa shape index (κ1) is 45.2. The van der Waals surface area contributed by atoms with Gasteiger partial charge in [-0.25, -0.2) is 4.98 Å². The Kier molecular flexibility index (Phi) is 12.9. The minimum atomic E-state index is -1.87. The Morgan fingerprint density at radius 1 is 0.806 bits per heavy atom. The van der Waals surface area contributed by atoms with Crippen molar-refractivity contribution in [1.29, 1.82) is 0 Å². The van der Waals surface area contributed by atoms with Gasteiger partial charge in [-0.15, -0.1) is 17.7 Å². The summed E-state index contributed by atoms with van der Waals surface area (Å²) in [5, 5.41) is 4.44. The largest absolute Gasteiger partial charge is 0.486 e. The zero-order valence-electron chi connectivity index (χ0n) is 38.3. The van der Waals surface area contributed by atoms with Crippen LogP contribution in [0.2, 0.25) is 17.3 Å². The van der Waals surface area contributed by atoms with Crippen LogP contribution in [0.5, 0.6) is 0 Å². The maximum atomic E-state index is 6.61. The molecule has 0 fully saturated rings. The van der Waals surface area contributed by atoms with Crippen molar-refractivity contribution in [3.8, 4) is 28.3 Å². The molecular weight excluding hydrogens is 997 g/mol. The fourth-order valence-electron chi connectivity index (χ4n) is 8.76. The van der Waals surface area contributed by atoms with Crippen molar-refractivity contribution in [2.45, 2.75) is 97.8 Å². The summed E-state index contributed by atoms with van der Waals surface area (Å²) in [4.78, 5) is 15.0. The van der Waals surface area contributed by atoms with Crippen LogP contribution < -0.4 is 4.40 Å². The Labute approximate surface area is 384 Å². The van der Waals surface area contributed by atoms with Gasteiger partial charge in [-0.05, 0) is 55.5 Å². The molecule has 0 saturated carbocycles. The summed E-state index contributed by atoms with van der Waals surface area (Å²) >= 11 is -1.87. The predicted molar refractivity (Wildman–Crippen MR) is 260 cm³/mol. The molecule has 62 heavy (non-hydrogen) atoms. The number of pyridine rings is 2. The maximum absolute atomic E-state index is 6.61. The Morgan fingerprint density at radius 2 is 1.53 bits per heavy atom. The summed E-state index contributed by atoms with van der Waals surface area (Å²) in [5.74, 6) is 8.90. The van der Waals surface area contributed by atoms with E-state index in [4.69, 9.17) is 19.4 Å². The van der Waals surface area contributed by atoms with Gasteiger partial charge in [-0.2, -0.15) is 0 Å². The van der Waals surface area contributed by atoms with Crippen molar-refractivity contribution in [2.75, 3.05) is 0 Å². The molecule has 4 aromatic heterocycles. The number of aryl methyl sites for hydroxylation is 4. The Balaban J connectivity index is 0.000000223. The SMILES string of the molecule is CCC(C)Cc1cc(-c2[c-]cccc2)nc[c]1[Ge]([CH3])([CH3])[CH3].Cc1cc(C)c(-n2c(-c3[c-]cc(C)c4c3oc3nc(C(C)(C)C)ccc34)nc3ccc4ccccc4c32)c(C)c1.[Ir]. The molecule has 0 saturated heterocycles. The quantitative estimate of drug-likeness (QED) is 0.118. The number of benzene rings is 5. The number of furan rings is 1. The van der Waals surface area contributed by atoms with E-state index in [2.05, 4.69) is 187 Å². The molecule has 0 bridgehead atoms. The van der Waals surface area contributed by atoms with E-state index in [1.165, 1.54) is 39.4 Å². The fourth-order valence-corrected chi connectivity index (χ4v) is 12.1. The van der Waals surface area contributed by atoms with Crippen molar-refractivity contribution in [1.82, 2.24) is 19.5 Å². The maximum Gasteiger partial charge on any atom is 0.216 e. The molecule has 1 unspecified atom stereocenters. The molecule has 319 valence electrons. The van der Waals surface area contributed by atoms with Crippen LogP contribution in [0.1, 0.15) is 74.6 Å². The van der Waals surface area contributed by atoms with Gasteiger partial charge in [-0.3, -0.25) is 4.98 Å². The third-order valence-electron chi connectivity index (χ3n) is 12.0. The van der Waals surface area contributed by atoms with Crippen LogP contribution in [-0.4, -0.2) is 32.8 Å². The van der Waals surface area contributed by atoms with Crippen molar-refractivity contribution < 1.29 is 24.5 Å². The fraction of sp³-hybridized carbons (Fsp3) is 0.291. The molecule has 0 spiro atoms. The Hall–Kier alpha value is -4.88. The average Bonchev–Trinajstić information content (AvgIpc) is 3.80. The van der Waals surface area contributed by atoms with Crippen molar-refractivity contribution in [3.05, 3.63) is 149 Å². The normalized spacial score (nSPS) is 12.5. The molecule has 4 heterocycles. The summed E-state index contributed by atoms with van der Waals surface area (Å²) < 4.78 is 10.5. The second kappa shape index (κ2) is 17.7. The predicted octanol–water partition coefficient (Wildman–Crippen LogP) is 14.2. The first-order valence-corrected chi connectivity index (χ1v) is 29.1. The zero-order valence-corrected chi connectivity index (χ0v) is 42.8. The molecule has 5 aromatic carbocycles. The molecule has 1 radical (unpaired) electrons. The van der Waals surface area contributed by atoms with Crippen LogP contribution in [0.4, 0.5) is 0 Å². The molecule has 1 atom stereocenters. The van der Waals surface area contributed by atoms with Crippen LogP contribution in [0.3, 0.4) is 0 Å². The van der Waals surface area contributed by atoms with Crippen LogP contribution >= 0.6 is 0 Å². The minimum absolute atomic E-state index is 0. The molecule has 0 amide bonds. The van der Waals surface area contributed by atoms with Gasteiger partial charge in [-0.1, -0.05) is 86.7 Å². The molecule has 5 nitrogen and oxygen atoms in total. The smallest absolute Gasteiger partial charge is 0.216 e. The van der Waals surface area contributed by atoms with Crippen molar-refractivity contribution in [3.63, 3.8) is 0 Å². The molecule has 0 aliphatic carbocycles. The summed E-state index contributed by atoms with van der Waals surface area (Å²) in [5.41, 5.74) is 14.8. The average molecular weight is 1060 g/mol. The molecule has 9 rings (SSSR count). The van der Waals surface area contributed by atoms with E-state index >= 15 is 0 Å². The van der Waals surface area contributed by atoms with Gasteiger partial charge < -0.3 is 8.98 Å². The number of hydrogen-bond donors (Lipinski definition) is 0. The van der Waals surface area contributed by atoms with Gasteiger partial charge in [0.1, 0.15) is 0 Å². The molecule has 0 aliphatic heterocycles. The van der Waals surface area contributed by atoms with E-state index in [1.54, 1.807) is 4.40 Å². The van der Waals surface area contributed by atoms with Crippen LogP contribution in [0.25, 0.3) is 72.2 Å². The van der Waals surface area contributed by atoms with E-state index in [0.29, 0.717) is 5.71 Å². The minimum Gasteiger partial charge on any atom is -0.486 e. The Morgan fingerprint density at radius 3 is 2.21 bits per heavy atom. The van der Waals surface area contributed by atoms with E-state index in [0.717, 1.165) is 79.3 Å². The van der Waals surface area contributed by atoms with Crippen LogP contribution in [0, 0.1) is 45.7 Å². The third-order valence-corrected chi connectivity index (χ3v) is 16.4. The van der Waals surface area contributed by atoms with Gasteiger partial charge in [0.25, 0.3) is 0 Å². The van der Waals surface area contributed by atoms with E-state index in [1.807, 2.05) is 12.1 Å². The van der Waals surface area contributed by atoms with Gasteiger partial charge in [0.05, 0.1) is 22.4 Å². The summed E-state index contributed by atoms with van der Waals surface area (Å²) in [6, 6.07) is 40.9. The number of rotatable bonds is 7. The van der Waals surface area contributed by atoms with Gasteiger partial charge in [0.15, 0.2) is 0 Å². The van der Waals surface area contributed by atoms with Gasteiger partial charge >= 0.3 is 132 Å². The summed E-state index contributed by atoms with van der Waals surface area (Å²) in [6.07, 6.45) is 4.54. The first-order chi connectivity index (χ1) is 29.0. The van der Waals surface area contributed by atoms with Crippen molar-refractivity contribution >= 4 is 61.5 Å². The number of hydrogen-bond acceptors (Lipinski definition) is 4. The second-order valence-electron chi connectivity index (χ2n) is 19.1. The summed E-state index contributed by atoms with van der Waals surface area (Å²) in [7, 11) is 0. The number of imidazole rings is 1. The molecule has 9 aromatic rings. The van der Waals surface area contributed by atoms with E-state index in [9.17, 15) is 0 Å². The third kappa shape index (κ3) is 8.71. The Bertz CT molecular complexity index is 3050. The number of nitrogens with zero attached hydrogens (tertiary/aromatic N) is 4. The molecular formula is C55H58GeIrN4O-2. The first-order valence-electron chi connectivity index (χ1n) is 21.7. The van der Waals surface area contributed by atoms with Crippen LogP contribution in [-0.2, 0) is 31.9 Å². The molecule has 0 N–H and O–H groups in total. The van der Waals surface area contributed by atoms with Crippen molar-refractivity contribution in [2.24, 2.45) is 5.92 Å². The summed E-state index contributed by atoms with van der Waals surface area (Å²) in [6.45, 7) is 19.8. The standard InChI is InChI=1S/C36H32N3O.C19H26GeN.Ir/c1-20-18-22(3)31(23(4)19-20)39-32-25-11-9-8-10-24(25)13-16-28(32)37-34(39)27-14-12-21(2)30-26-15-17-29(36(5,6)7)38-35(26)40-33(27)30;1-6-15(2)12-17-13-19(16-10-8-7-9-11-16)21-14-18(17)20(3,4)5;/h8-13,15-19H,1-7H3;7-10,13-15H,6,12H2,1-5H3;/q2*-1;.